The summed E-state index contributed by atoms with van der Waals surface area (Å²) in [5.41, 5.74) is 0. The molecule has 0 amide bonds. The van der Waals surface area contributed by atoms with Gasteiger partial charge in [-0.2, -0.15) is 0 Å². The fourth-order valence-corrected chi connectivity index (χ4v) is 2.80. The molecule has 0 aromatic heterocycles. The Hall–Kier alpha value is -1.22. The zero-order valence-electron chi connectivity index (χ0n) is 16.2. The van der Waals surface area contributed by atoms with Crippen molar-refractivity contribution in [1.29, 1.82) is 0 Å². The van der Waals surface area contributed by atoms with Gasteiger partial charge in [-0.3, -0.25) is 4.99 Å². The number of nitrogens with one attached hydrogen (secondary N) is 2. The van der Waals surface area contributed by atoms with Crippen LogP contribution >= 0.6 is 24.0 Å². The molecule has 26 heavy (non-hydrogen) atoms. The van der Waals surface area contributed by atoms with Gasteiger partial charge in [0.15, 0.2) is 17.5 Å². The molecule has 1 aliphatic heterocycles. The second-order valence-electron chi connectivity index (χ2n) is 6.11. The Bertz CT molecular complexity index is 538. The van der Waals surface area contributed by atoms with Crippen molar-refractivity contribution < 1.29 is 9.47 Å². The molecule has 0 aliphatic carbocycles. The predicted molar refractivity (Wildman–Crippen MR) is 118 cm³/mol. The highest BCUT2D eigenvalue weighted by Gasteiger charge is 2.20. The van der Waals surface area contributed by atoms with E-state index in [-0.39, 0.29) is 30.1 Å². The lowest BCUT2D eigenvalue weighted by molar-refractivity contribution is 0.0936. The standard InChI is InChI=1S/C19H32N4O2.HI/c1-4-23(5-2)13-9-8-12-21-19(20-3)22-14-16-15-24-17-10-6-7-11-18(17)25-16;/h6-7,10-11,16H,4-5,8-9,12-15H2,1-3H3,(H2,20,21,22);1H. The molecule has 0 fully saturated rings. The molecular weight excluding hydrogens is 443 g/mol. The van der Waals surface area contributed by atoms with Gasteiger partial charge in [0.2, 0.25) is 0 Å². The number of hydrogen-bond acceptors (Lipinski definition) is 4. The lowest BCUT2D eigenvalue weighted by atomic mass is 10.2. The van der Waals surface area contributed by atoms with E-state index in [4.69, 9.17) is 9.47 Å². The Balaban J connectivity index is 0.00000338. The molecule has 0 saturated heterocycles. The Morgan fingerprint density at radius 1 is 1.15 bits per heavy atom. The molecule has 1 atom stereocenters. The number of fused-ring (bicyclic) bond motifs is 1. The Labute approximate surface area is 174 Å². The maximum absolute atomic E-state index is 5.95. The van der Waals surface area contributed by atoms with E-state index in [1.807, 2.05) is 24.3 Å². The number of aliphatic imine (C=N–C) groups is 1. The first-order chi connectivity index (χ1) is 12.3. The molecule has 2 N–H and O–H groups in total. The third kappa shape index (κ3) is 7.57. The average Bonchev–Trinajstić information content (AvgIpc) is 2.67. The molecule has 148 valence electrons. The van der Waals surface area contributed by atoms with Gasteiger partial charge in [0, 0.05) is 13.6 Å². The molecule has 7 heteroatoms. The van der Waals surface area contributed by atoms with Crippen LogP contribution in [-0.2, 0) is 0 Å². The van der Waals surface area contributed by atoms with Crippen molar-refractivity contribution in [3.05, 3.63) is 24.3 Å². The second kappa shape index (κ2) is 13.0. The SMILES string of the molecule is CCN(CC)CCCCNC(=NC)NCC1COc2ccccc2O1.I. The minimum Gasteiger partial charge on any atom is -0.486 e. The van der Waals surface area contributed by atoms with Gasteiger partial charge >= 0.3 is 0 Å². The van der Waals surface area contributed by atoms with Crippen LogP contribution in [0.5, 0.6) is 11.5 Å². The van der Waals surface area contributed by atoms with Gasteiger partial charge in [-0.15, -0.1) is 24.0 Å². The molecule has 0 radical (unpaired) electrons. The first kappa shape index (κ1) is 22.8. The summed E-state index contributed by atoms with van der Waals surface area (Å²) >= 11 is 0. The number of nitrogens with zero attached hydrogens (tertiary/aromatic N) is 2. The third-order valence-electron chi connectivity index (χ3n) is 4.38. The molecule has 0 bridgehead atoms. The van der Waals surface area contributed by atoms with Crippen LogP contribution in [0.2, 0.25) is 0 Å². The number of halogens is 1. The number of benzene rings is 1. The summed E-state index contributed by atoms with van der Waals surface area (Å²) in [7, 11) is 1.79. The van der Waals surface area contributed by atoms with Crippen molar-refractivity contribution in [1.82, 2.24) is 15.5 Å². The first-order valence-corrected chi connectivity index (χ1v) is 9.32. The highest BCUT2D eigenvalue weighted by atomic mass is 127. The van der Waals surface area contributed by atoms with E-state index in [0.29, 0.717) is 13.2 Å². The summed E-state index contributed by atoms with van der Waals surface area (Å²) in [6, 6.07) is 7.77. The molecule has 2 rings (SSSR count). The van der Waals surface area contributed by atoms with E-state index in [1.165, 1.54) is 6.42 Å². The van der Waals surface area contributed by atoms with E-state index in [1.54, 1.807) is 7.05 Å². The summed E-state index contributed by atoms with van der Waals surface area (Å²) in [5, 5.41) is 6.68. The van der Waals surface area contributed by atoms with Crippen molar-refractivity contribution >= 4 is 29.9 Å². The van der Waals surface area contributed by atoms with Crippen LogP contribution in [0.1, 0.15) is 26.7 Å². The van der Waals surface area contributed by atoms with E-state index >= 15 is 0 Å². The van der Waals surface area contributed by atoms with Gasteiger partial charge in [-0.05, 0) is 44.6 Å². The summed E-state index contributed by atoms with van der Waals surface area (Å²) in [6.45, 7) is 9.96. The fourth-order valence-electron chi connectivity index (χ4n) is 2.80. The number of unbranched alkanes of at least 4 members (excludes halogenated alkanes) is 1. The van der Waals surface area contributed by atoms with E-state index in [0.717, 1.165) is 50.1 Å². The van der Waals surface area contributed by atoms with E-state index in [2.05, 4.69) is 34.4 Å². The minimum absolute atomic E-state index is 0. The van der Waals surface area contributed by atoms with Crippen molar-refractivity contribution in [3.8, 4) is 11.5 Å². The van der Waals surface area contributed by atoms with Crippen LogP contribution in [0.4, 0.5) is 0 Å². The quantitative estimate of drug-likeness (QED) is 0.249. The van der Waals surface area contributed by atoms with Gasteiger partial charge in [0.1, 0.15) is 12.7 Å². The Morgan fingerprint density at radius 2 is 1.88 bits per heavy atom. The van der Waals surface area contributed by atoms with Gasteiger partial charge in [0.05, 0.1) is 6.54 Å². The highest BCUT2D eigenvalue weighted by molar-refractivity contribution is 14.0. The van der Waals surface area contributed by atoms with E-state index < -0.39 is 0 Å². The van der Waals surface area contributed by atoms with Crippen LogP contribution in [0.15, 0.2) is 29.3 Å². The molecule has 0 saturated carbocycles. The molecule has 1 aromatic rings. The number of hydrogen-bond donors (Lipinski definition) is 2. The van der Waals surface area contributed by atoms with Crippen LogP contribution in [0.3, 0.4) is 0 Å². The maximum Gasteiger partial charge on any atom is 0.191 e. The number of rotatable bonds is 9. The monoisotopic (exact) mass is 476 g/mol. The highest BCUT2D eigenvalue weighted by Crippen LogP contribution is 2.30. The third-order valence-corrected chi connectivity index (χ3v) is 4.38. The molecule has 1 heterocycles. The van der Waals surface area contributed by atoms with Gasteiger partial charge in [-0.1, -0.05) is 26.0 Å². The van der Waals surface area contributed by atoms with Crippen molar-refractivity contribution in [2.45, 2.75) is 32.8 Å². The van der Waals surface area contributed by atoms with Crippen LogP contribution in [-0.4, -0.2) is 63.3 Å². The summed E-state index contributed by atoms with van der Waals surface area (Å²) < 4.78 is 11.7. The average molecular weight is 476 g/mol. The maximum atomic E-state index is 5.95. The largest absolute Gasteiger partial charge is 0.486 e. The second-order valence-corrected chi connectivity index (χ2v) is 6.11. The van der Waals surface area contributed by atoms with Gasteiger partial charge in [-0.25, -0.2) is 0 Å². The topological polar surface area (TPSA) is 58.1 Å². The molecule has 1 aromatic carbocycles. The fraction of sp³-hybridized carbons (Fsp3) is 0.632. The zero-order chi connectivity index (χ0) is 17.9. The number of ether oxygens (including phenoxy) is 2. The lowest BCUT2D eigenvalue weighted by Crippen LogP contribution is -2.45. The van der Waals surface area contributed by atoms with Crippen LogP contribution < -0.4 is 20.1 Å². The van der Waals surface area contributed by atoms with Crippen LogP contribution in [0.25, 0.3) is 0 Å². The Morgan fingerprint density at radius 3 is 2.58 bits per heavy atom. The molecule has 1 aliphatic rings. The van der Waals surface area contributed by atoms with Crippen molar-refractivity contribution in [2.24, 2.45) is 4.99 Å². The number of guanidine groups is 1. The van der Waals surface area contributed by atoms with E-state index in [9.17, 15) is 0 Å². The zero-order valence-corrected chi connectivity index (χ0v) is 18.5. The molecule has 6 nitrogen and oxygen atoms in total. The summed E-state index contributed by atoms with van der Waals surface area (Å²) in [4.78, 5) is 6.72. The number of para-hydroxylation sites is 2. The minimum atomic E-state index is -0.0175. The van der Waals surface area contributed by atoms with Gasteiger partial charge < -0.3 is 25.0 Å². The normalized spacial score (nSPS) is 16.2. The van der Waals surface area contributed by atoms with Crippen molar-refractivity contribution in [3.63, 3.8) is 0 Å². The molecule has 1 unspecified atom stereocenters. The summed E-state index contributed by atoms with van der Waals surface area (Å²) in [5.74, 6) is 2.43. The van der Waals surface area contributed by atoms with Gasteiger partial charge in [0.25, 0.3) is 0 Å². The first-order valence-electron chi connectivity index (χ1n) is 9.32. The molecule has 0 spiro atoms. The smallest absolute Gasteiger partial charge is 0.191 e. The molecular formula is C19H33IN4O2. The predicted octanol–water partition coefficient (Wildman–Crippen LogP) is 2.73. The lowest BCUT2D eigenvalue weighted by Gasteiger charge is -2.27. The Kier molecular flexibility index (Phi) is 11.4. The summed E-state index contributed by atoms with van der Waals surface area (Å²) in [6.07, 6.45) is 2.31. The van der Waals surface area contributed by atoms with Crippen molar-refractivity contribution in [2.75, 3.05) is 46.4 Å². The van der Waals surface area contributed by atoms with Crippen LogP contribution in [0, 0.1) is 0 Å².